The van der Waals surface area contributed by atoms with E-state index in [1.807, 2.05) is 4.90 Å². The normalized spacial score (nSPS) is 20.5. The van der Waals surface area contributed by atoms with E-state index in [0.29, 0.717) is 18.7 Å². The molecular weight excluding hydrogens is 240 g/mol. The van der Waals surface area contributed by atoms with Crippen LogP contribution < -0.4 is 5.32 Å². The van der Waals surface area contributed by atoms with Crippen molar-refractivity contribution in [1.29, 1.82) is 0 Å². The first-order valence-electron chi connectivity index (χ1n) is 7.93. The topological polar surface area (TPSA) is 41.6 Å². The molecular formula is C15H28N2O2. The lowest BCUT2D eigenvalue weighted by molar-refractivity contribution is -0.130. The van der Waals surface area contributed by atoms with Gasteiger partial charge in [0, 0.05) is 19.1 Å². The Hall–Kier alpha value is -0.610. The van der Waals surface area contributed by atoms with E-state index < -0.39 is 0 Å². The van der Waals surface area contributed by atoms with Crippen LogP contribution in [0.1, 0.15) is 51.9 Å². The van der Waals surface area contributed by atoms with Crippen LogP contribution in [0.3, 0.4) is 0 Å². The Morgan fingerprint density at radius 1 is 1.21 bits per heavy atom. The Bertz CT molecular complexity index is 273. The lowest BCUT2D eigenvalue weighted by atomic mass is 9.98. The van der Waals surface area contributed by atoms with E-state index in [1.54, 1.807) is 0 Å². The van der Waals surface area contributed by atoms with Crippen LogP contribution in [0.2, 0.25) is 0 Å². The highest BCUT2D eigenvalue weighted by molar-refractivity contribution is 5.78. The van der Waals surface area contributed by atoms with E-state index >= 15 is 0 Å². The van der Waals surface area contributed by atoms with Crippen molar-refractivity contribution in [3.05, 3.63) is 0 Å². The van der Waals surface area contributed by atoms with E-state index in [1.165, 1.54) is 44.9 Å². The van der Waals surface area contributed by atoms with E-state index in [0.717, 1.165) is 19.7 Å². The largest absolute Gasteiger partial charge is 0.377 e. The zero-order valence-corrected chi connectivity index (χ0v) is 12.2. The maximum atomic E-state index is 11.9. The predicted octanol–water partition coefficient (Wildman–Crippen LogP) is 1.94. The Kier molecular flexibility index (Phi) is 6.11. The highest BCUT2D eigenvalue weighted by Crippen LogP contribution is 2.26. The molecule has 4 nitrogen and oxygen atoms in total. The zero-order valence-electron chi connectivity index (χ0n) is 12.2. The van der Waals surface area contributed by atoms with Crippen LogP contribution in [-0.2, 0) is 9.53 Å². The molecule has 2 fully saturated rings. The zero-order chi connectivity index (χ0) is 13.5. The summed E-state index contributed by atoms with van der Waals surface area (Å²) in [6.07, 6.45) is 9.24. The summed E-state index contributed by atoms with van der Waals surface area (Å²) in [5.74, 6) is 0.239. The second-order valence-corrected chi connectivity index (χ2v) is 5.72. The molecule has 0 heterocycles. The first-order chi connectivity index (χ1) is 9.31. The fourth-order valence-corrected chi connectivity index (χ4v) is 2.85. The summed E-state index contributed by atoms with van der Waals surface area (Å²) in [6, 6.07) is 0.526. The SMILES string of the molecule is CCN(C(=O)CNCCOC1CCCCC1)C1CC1. The standard InChI is InChI=1S/C15H28N2O2/c1-2-17(13-8-9-13)15(18)12-16-10-11-19-14-6-4-3-5-7-14/h13-14,16H,2-12H2,1H3. The molecule has 2 aliphatic carbocycles. The highest BCUT2D eigenvalue weighted by Gasteiger charge is 2.30. The minimum Gasteiger partial charge on any atom is -0.377 e. The maximum Gasteiger partial charge on any atom is 0.236 e. The van der Waals surface area contributed by atoms with Crippen molar-refractivity contribution in [2.75, 3.05) is 26.2 Å². The van der Waals surface area contributed by atoms with Gasteiger partial charge in [-0.2, -0.15) is 0 Å². The van der Waals surface area contributed by atoms with Crippen molar-refractivity contribution >= 4 is 5.91 Å². The number of amides is 1. The fraction of sp³-hybridized carbons (Fsp3) is 0.933. The molecule has 0 aromatic carbocycles. The van der Waals surface area contributed by atoms with Gasteiger partial charge in [0.2, 0.25) is 5.91 Å². The molecule has 0 radical (unpaired) electrons. The van der Waals surface area contributed by atoms with Gasteiger partial charge in [-0.1, -0.05) is 19.3 Å². The van der Waals surface area contributed by atoms with E-state index in [2.05, 4.69) is 12.2 Å². The summed E-state index contributed by atoms with van der Waals surface area (Å²) in [5.41, 5.74) is 0. The van der Waals surface area contributed by atoms with Gasteiger partial charge in [0.05, 0.1) is 19.3 Å². The van der Waals surface area contributed by atoms with Gasteiger partial charge in [-0.15, -0.1) is 0 Å². The average Bonchev–Trinajstić information content (AvgIpc) is 3.25. The van der Waals surface area contributed by atoms with Gasteiger partial charge in [0.25, 0.3) is 0 Å². The number of rotatable bonds is 8. The highest BCUT2D eigenvalue weighted by atomic mass is 16.5. The molecule has 2 aliphatic rings. The molecule has 0 aliphatic heterocycles. The third kappa shape index (κ3) is 5.11. The summed E-state index contributed by atoms with van der Waals surface area (Å²) in [6.45, 7) is 4.86. The second kappa shape index (κ2) is 7.85. The molecule has 2 rings (SSSR count). The average molecular weight is 268 g/mol. The van der Waals surface area contributed by atoms with E-state index in [4.69, 9.17) is 4.74 Å². The maximum absolute atomic E-state index is 11.9. The Morgan fingerprint density at radius 3 is 2.58 bits per heavy atom. The second-order valence-electron chi connectivity index (χ2n) is 5.72. The Balaban J connectivity index is 1.50. The smallest absolute Gasteiger partial charge is 0.236 e. The van der Waals surface area contributed by atoms with Crippen molar-refractivity contribution in [2.24, 2.45) is 0 Å². The van der Waals surface area contributed by atoms with Crippen LogP contribution in [0.25, 0.3) is 0 Å². The lowest BCUT2D eigenvalue weighted by Gasteiger charge is -2.22. The summed E-state index contributed by atoms with van der Waals surface area (Å²) in [7, 11) is 0. The van der Waals surface area contributed by atoms with Gasteiger partial charge >= 0.3 is 0 Å². The molecule has 0 bridgehead atoms. The molecule has 0 spiro atoms. The molecule has 0 aromatic rings. The number of ether oxygens (including phenoxy) is 1. The van der Waals surface area contributed by atoms with Crippen LogP contribution in [0.4, 0.5) is 0 Å². The number of nitrogens with one attached hydrogen (secondary N) is 1. The first kappa shape index (κ1) is 14.8. The third-order valence-electron chi connectivity index (χ3n) is 4.11. The molecule has 1 N–H and O–H groups in total. The first-order valence-corrected chi connectivity index (χ1v) is 7.93. The van der Waals surface area contributed by atoms with Crippen LogP contribution in [-0.4, -0.2) is 49.2 Å². The molecule has 4 heteroatoms. The van der Waals surface area contributed by atoms with Gasteiger partial charge in [0.1, 0.15) is 0 Å². The minimum atomic E-state index is 0.239. The van der Waals surface area contributed by atoms with Gasteiger partial charge in [-0.25, -0.2) is 0 Å². The fourth-order valence-electron chi connectivity index (χ4n) is 2.85. The molecule has 19 heavy (non-hydrogen) atoms. The van der Waals surface area contributed by atoms with Crippen molar-refractivity contribution in [2.45, 2.75) is 64.0 Å². The van der Waals surface area contributed by atoms with Crippen molar-refractivity contribution < 1.29 is 9.53 Å². The van der Waals surface area contributed by atoms with Gasteiger partial charge < -0.3 is 15.0 Å². The third-order valence-corrected chi connectivity index (χ3v) is 4.11. The van der Waals surface area contributed by atoms with Gasteiger partial charge in [-0.05, 0) is 32.6 Å². The van der Waals surface area contributed by atoms with Crippen LogP contribution in [0.5, 0.6) is 0 Å². The summed E-state index contributed by atoms with van der Waals surface area (Å²) >= 11 is 0. The van der Waals surface area contributed by atoms with Crippen LogP contribution in [0.15, 0.2) is 0 Å². The number of carbonyl (C=O) groups excluding carboxylic acids is 1. The quantitative estimate of drug-likeness (QED) is 0.684. The monoisotopic (exact) mass is 268 g/mol. The van der Waals surface area contributed by atoms with Crippen molar-refractivity contribution in [3.8, 4) is 0 Å². The van der Waals surface area contributed by atoms with Gasteiger partial charge in [0.15, 0.2) is 0 Å². The molecule has 0 unspecified atom stereocenters. The number of hydrogen-bond acceptors (Lipinski definition) is 3. The van der Waals surface area contributed by atoms with Gasteiger partial charge in [-0.3, -0.25) is 4.79 Å². The van der Waals surface area contributed by atoms with E-state index in [-0.39, 0.29) is 5.91 Å². The Labute approximate surface area is 116 Å². The van der Waals surface area contributed by atoms with Crippen molar-refractivity contribution in [3.63, 3.8) is 0 Å². The predicted molar refractivity (Wildman–Crippen MR) is 76.1 cm³/mol. The number of nitrogens with zero attached hydrogens (tertiary/aromatic N) is 1. The summed E-state index contributed by atoms with van der Waals surface area (Å²) in [4.78, 5) is 13.9. The Morgan fingerprint density at radius 2 is 1.95 bits per heavy atom. The molecule has 110 valence electrons. The molecule has 1 amide bonds. The molecule has 0 aromatic heterocycles. The summed E-state index contributed by atoms with van der Waals surface area (Å²) < 4.78 is 5.82. The van der Waals surface area contributed by atoms with Crippen LogP contribution >= 0.6 is 0 Å². The van der Waals surface area contributed by atoms with E-state index in [9.17, 15) is 4.79 Å². The minimum absolute atomic E-state index is 0.239. The van der Waals surface area contributed by atoms with Crippen LogP contribution in [0, 0.1) is 0 Å². The number of likely N-dealkylation sites (N-methyl/N-ethyl adjacent to an activating group) is 1. The molecule has 2 saturated carbocycles. The number of hydrogen-bond donors (Lipinski definition) is 1. The summed E-state index contributed by atoms with van der Waals surface area (Å²) in [5, 5.41) is 3.21. The molecule has 0 saturated heterocycles. The van der Waals surface area contributed by atoms with Crippen molar-refractivity contribution in [1.82, 2.24) is 10.2 Å². The number of carbonyl (C=O) groups is 1. The lowest BCUT2D eigenvalue weighted by Crippen LogP contribution is -2.40. The molecule has 0 atom stereocenters.